The molecule has 16 heavy (non-hydrogen) atoms. The lowest BCUT2D eigenvalue weighted by Crippen LogP contribution is -2.06. The van der Waals surface area contributed by atoms with Crippen LogP contribution in [-0.4, -0.2) is 22.2 Å². The van der Waals surface area contributed by atoms with Gasteiger partial charge in [-0.3, -0.25) is 5.10 Å². The van der Waals surface area contributed by atoms with Crippen LogP contribution >= 0.6 is 0 Å². The minimum Gasteiger partial charge on any atom is -0.313 e. The summed E-state index contributed by atoms with van der Waals surface area (Å²) >= 11 is 0. The first kappa shape index (κ1) is 10.8. The van der Waals surface area contributed by atoms with Crippen LogP contribution in [0, 0.1) is 13.8 Å². The van der Waals surface area contributed by atoms with Gasteiger partial charge in [0.05, 0.1) is 6.54 Å². The van der Waals surface area contributed by atoms with Crippen molar-refractivity contribution in [1.29, 1.82) is 0 Å². The molecule has 0 spiro atoms. The van der Waals surface area contributed by atoms with Crippen LogP contribution in [0.15, 0.2) is 18.2 Å². The van der Waals surface area contributed by atoms with Crippen molar-refractivity contribution in [3.05, 3.63) is 35.2 Å². The van der Waals surface area contributed by atoms with Crippen LogP contribution in [0.5, 0.6) is 0 Å². The van der Waals surface area contributed by atoms with Crippen molar-refractivity contribution < 1.29 is 0 Å². The van der Waals surface area contributed by atoms with Crippen molar-refractivity contribution in [2.45, 2.75) is 20.4 Å². The van der Waals surface area contributed by atoms with E-state index in [0.29, 0.717) is 6.54 Å². The Kier molecular flexibility index (Phi) is 3.01. The van der Waals surface area contributed by atoms with Crippen LogP contribution < -0.4 is 5.32 Å². The molecular weight excluding hydrogens is 200 g/mol. The van der Waals surface area contributed by atoms with E-state index in [2.05, 4.69) is 52.5 Å². The predicted molar refractivity (Wildman–Crippen MR) is 64.1 cm³/mol. The molecule has 0 atom stereocenters. The first-order chi connectivity index (χ1) is 7.70. The Hall–Kier alpha value is -1.68. The molecule has 0 unspecified atom stereocenters. The molecule has 4 nitrogen and oxygen atoms in total. The summed E-state index contributed by atoms with van der Waals surface area (Å²) in [7, 11) is 1.89. The minimum atomic E-state index is 0.706. The van der Waals surface area contributed by atoms with E-state index >= 15 is 0 Å². The SMILES string of the molecule is CNCc1nc(-c2ccc(C)c(C)c2)n[nH]1. The molecule has 0 fully saturated rings. The zero-order chi connectivity index (χ0) is 11.5. The third-order valence-corrected chi connectivity index (χ3v) is 2.64. The molecule has 0 aliphatic rings. The zero-order valence-corrected chi connectivity index (χ0v) is 9.83. The number of aromatic amines is 1. The fourth-order valence-electron chi connectivity index (χ4n) is 1.55. The van der Waals surface area contributed by atoms with E-state index in [1.165, 1.54) is 11.1 Å². The highest BCUT2D eigenvalue weighted by Crippen LogP contribution is 2.18. The fourth-order valence-corrected chi connectivity index (χ4v) is 1.55. The quantitative estimate of drug-likeness (QED) is 0.822. The Bertz CT molecular complexity index is 488. The van der Waals surface area contributed by atoms with Crippen LogP contribution in [-0.2, 0) is 6.54 Å². The molecule has 1 aromatic carbocycles. The summed E-state index contributed by atoms with van der Waals surface area (Å²) < 4.78 is 0. The minimum absolute atomic E-state index is 0.706. The van der Waals surface area contributed by atoms with Gasteiger partial charge in [0.25, 0.3) is 0 Å². The normalized spacial score (nSPS) is 10.7. The van der Waals surface area contributed by atoms with Crippen molar-refractivity contribution in [2.75, 3.05) is 7.05 Å². The van der Waals surface area contributed by atoms with E-state index in [9.17, 15) is 0 Å². The molecule has 2 rings (SSSR count). The van der Waals surface area contributed by atoms with E-state index in [1.54, 1.807) is 0 Å². The van der Waals surface area contributed by atoms with Gasteiger partial charge in [-0.2, -0.15) is 5.10 Å². The molecule has 0 bridgehead atoms. The Labute approximate surface area is 95.1 Å². The zero-order valence-electron chi connectivity index (χ0n) is 9.83. The van der Waals surface area contributed by atoms with Crippen molar-refractivity contribution in [2.24, 2.45) is 0 Å². The summed E-state index contributed by atoms with van der Waals surface area (Å²) in [6.07, 6.45) is 0. The molecule has 1 heterocycles. The third-order valence-electron chi connectivity index (χ3n) is 2.64. The average Bonchev–Trinajstić information content (AvgIpc) is 2.71. The van der Waals surface area contributed by atoms with Crippen LogP contribution in [0.25, 0.3) is 11.4 Å². The number of hydrogen-bond donors (Lipinski definition) is 2. The Morgan fingerprint density at radius 3 is 2.75 bits per heavy atom. The molecule has 4 heteroatoms. The van der Waals surface area contributed by atoms with E-state index in [-0.39, 0.29) is 0 Å². The van der Waals surface area contributed by atoms with E-state index in [0.717, 1.165) is 17.2 Å². The molecule has 84 valence electrons. The van der Waals surface area contributed by atoms with Crippen LogP contribution in [0.4, 0.5) is 0 Å². The number of aromatic nitrogens is 3. The lowest BCUT2D eigenvalue weighted by atomic mass is 10.1. The molecular formula is C12H16N4. The number of nitrogens with zero attached hydrogens (tertiary/aromatic N) is 2. The first-order valence-corrected chi connectivity index (χ1v) is 5.34. The van der Waals surface area contributed by atoms with Crippen LogP contribution in [0.2, 0.25) is 0 Å². The monoisotopic (exact) mass is 216 g/mol. The highest BCUT2D eigenvalue weighted by atomic mass is 15.2. The van der Waals surface area contributed by atoms with Gasteiger partial charge in [0.2, 0.25) is 0 Å². The Morgan fingerprint density at radius 1 is 1.25 bits per heavy atom. The maximum atomic E-state index is 4.41. The third kappa shape index (κ3) is 2.12. The largest absolute Gasteiger partial charge is 0.313 e. The second-order valence-electron chi connectivity index (χ2n) is 3.94. The molecule has 0 radical (unpaired) electrons. The Morgan fingerprint density at radius 2 is 2.06 bits per heavy atom. The van der Waals surface area contributed by atoms with Gasteiger partial charge >= 0.3 is 0 Å². The van der Waals surface area contributed by atoms with Gasteiger partial charge in [-0.25, -0.2) is 4.98 Å². The van der Waals surface area contributed by atoms with Gasteiger partial charge in [-0.05, 0) is 38.1 Å². The standard InChI is InChI=1S/C12H16N4/c1-8-4-5-10(6-9(8)2)12-14-11(7-13-3)15-16-12/h4-6,13H,7H2,1-3H3,(H,14,15,16). The van der Waals surface area contributed by atoms with E-state index < -0.39 is 0 Å². The maximum Gasteiger partial charge on any atom is 0.181 e. The maximum absolute atomic E-state index is 4.41. The number of aryl methyl sites for hydroxylation is 2. The van der Waals surface area contributed by atoms with Gasteiger partial charge in [0.15, 0.2) is 5.82 Å². The fraction of sp³-hybridized carbons (Fsp3) is 0.333. The molecule has 0 amide bonds. The summed E-state index contributed by atoms with van der Waals surface area (Å²) in [5.74, 6) is 1.61. The topological polar surface area (TPSA) is 53.6 Å². The second-order valence-corrected chi connectivity index (χ2v) is 3.94. The molecule has 1 aromatic heterocycles. The highest BCUT2D eigenvalue weighted by Gasteiger charge is 2.05. The van der Waals surface area contributed by atoms with Crippen LogP contribution in [0.1, 0.15) is 17.0 Å². The van der Waals surface area contributed by atoms with Gasteiger partial charge in [-0.1, -0.05) is 12.1 Å². The Balaban J connectivity index is 2.31. The molecule has 0 saturated carbocycles. The molecule has 2 N–H and O–H groups in total. The summed E-state index contributed by atoms with van der Waals surface area (Å²) in [5.41, 5.74) is 3.61. The summed E-state index contributed by atoms with van der Waals surface area (Å²) in [6, 6.07) is 6.26. The van der Waals surface area contributed by atoms with E-state index in [1.807, 2.05) is 7.05 Å². The van der Waals surface area contributed by atoms with Gasteiger partial charge in [0, 0.05) is 5.56 Å². The average molecular weight is 216 g/mol. The van der Waals surface area contributed by atoms with Gasteiger partial charge < -0.3 is 5.32 Å². The summed E-state index contributed by atoms with van der Waals surface area (Å²) in [4.78, 5) is 4.41. The number of H-pyrrole nitrogens is 1. The van der Waals surface area contributed by atoms with Crippen molar-refractivity contribution in [1.82, 2.24) is 20.5 Å². The first-order valence-electron chi connectivity index (χ1n) is 5.34. The van der Waals surface area contributed by atoms with Gasteiger partial charge in [0.1, 0.15) is 5.82 Å². The van der Waals surface area contributed by atoms with Crippen LogP contribution in [0.3, 0.4) is 0 Å². The van der Waals surface area contributed by atoms with Crippen molar-refractivity contribution >= 4 is 0 Å². The molecule has 0 aliphatic heterocycles. The smallest absolute Gasteiger partial charge is 0.181 e. The predicted octanol–water partition coefficient (Wildman–Crippen LogP) is 1.81. The highest BCUT2D eigenvalue weighted by molar-refractivity contribution is 5.56. The summed E-state index contributed by atoms with van der Waals surface area (Å²) in [5, 5.41) is 10.2. The van der Waals surface area contributed by atoms with Gasteiger partial charge in [-0.15, -0.1) is 0 Å². The lowest BCUT2D eigenvalue weighted by Gasteiger charge is -2.01. The summed E-state index contributed by atoms with van der Waals surface area (Å²) in [6.45, 7) is 4.90. The van der Waals surface area contributed by atoms with E-state index in [4.69, 9.17) is 0 Å². The molecule has 2 aromatic rings. The lowest BCUT2D eigenvalue weighted by molar-refractivity contribution is 0.763. The molecule has 0 aliphatic carbocycles. The number of nitrogens with one attached hydrogen (secondary N) is 2. The molecule has 0 saturated heterocycles. The number of hydrogen-bond acceptors (Lipinski definition) is 3. The number of benzene rings is 1. The van der Waals surface area contributed by atoms with Crippen molar-refractivity contribution in [3.63, 3.8) is 0 Å². The second kappa shape index (κ2) is 4.45. The number of rotatable bonds is 3. The van der Waals surface area contributed by atoms with Crippen molar-refractivity contribution in [3.8, 4) is 11.4 Å².